The largest absolute Gasteiger partial charge is 0.467 e. The van der Waals surface area contributed by atoms with E-state index in [1.54, 1.807) is 24.3 Å². The molecular formula is C14H21NO3. The van der Waals surface area contributed by atoms with Gasteiger partial charge in [-0.2, -0.15) is 0 Å². The van der Waals surface area contributed by atoms with E-state index in [9.17, 15) is 9.59 Å². The van der Waals surface area contributed by atoms with E-state index in [1.807, 2.05) is 26.8 Å². The van der Waals surface area contributed by atoms with Crippen molar-refractivity contribution in [3.63, 3.8) is 0 Å². The summed E-state index contributed by atoms with van der Waals surface area (Å²) >= 11 is 0. The molecule has 0 aliphatic rings. The molecule has 0 saturated carbocycles. The average molecular weight is 251 g/mol. The predicted octanol–water partition coefficient (Wildman–Crippen LogP) is 2.39. The first-order valence-corrected chi connectivity index (χ1v) is 6.12. The lowest BCUT2D eigenvalue weighted by Crippen LogP contribution is -2.40. The standard InChI is InChI=1S/C12H15NO3.C2H6/c1-3-10(12(15)16-2)13-11(14)9-7-5-4-6-8-9;1-2/h4-8,10H,3H2,1-2H3,(H,13,14);1-2H3. The van der Waals surface area contributed by atoms with Crippen LogP contribution in [0.5, 0.6) is 0 Å². The van der Waals surface area contributed by atoms with E-state index in [2.05, 4.69) is 10.1 Å². The van der Waals surface area contributed by atoms with E-state index in [1.165, 1.54) is 7.11 Å². The van der Waals surface area contributed by atoms with E-state index < -0.39 is 12.0 Å². The highest BCUT2D eigenvalue weighted by molar-refractivity contribution is 5.96. The van der Waals surface area contributed by atoms with E-state index >= 15 is 0 Å². The fourth-order valence-corrected chi connectivity index (χ4v) is 1.30. The van der Waals surface area contributed by atoms with Gasteiger partial charge in [-0.3, -0.25) is 4.79 Å². The molecule has 1 aromatic rings. The fraction of sp³-hybridized carbons (Fsp3) is 0.429. The molecule has 1 N–H and O–H groups in total. The van der Waals surface area contributed by atoms with E-state index in [0.717, 1.165) is 0 Å². The Bertz CT molecular complexity index is 363. The van der Waals surface area contributed by atoms with Crippen LogP contribution in [0, 0.1) is 0 Å². The Hall–Kier alpha value is -1.84. The Kier molecular flexibility index (Phi) is 8.27. The summed E-state index contributed by atoms with van der Waals surface area (Å²) in [6.45, 7) is 5.81. The normalized spacial score (nSPS) is 10.7. The Balaban J connectivity index is 0.00000137. The van der Waals surface area contributed by atoms with Crippen molar-refractivity contribution in [3.8, 4) is 0 Å². The second-order valence-corrected chi connectivity index (χ2v) is 3.32. The molecule has 0 aliphatic carbocycles. The first-order chi connectivity index (χ1) is 8.69. The van der Waals surface area contributed by atoms with Crippen LogP contribution >= 0.6 is 0 Å². The maximum atomic E-state index is 11.7. The van der Waals surface area contributed by atoms with Crippen LogP contribution in [0.3, 0.4) is 0 Å². The van der Waals surface area contributed by atoms with Gasteiger partial charge in [0.25, 0.3) is 5.91 Å². The molecule has 1 aromatic carbocycles. The van der Waals surface area contributed by atoms with Gasteiger partial charge in [-0.1, -0.05) is 39.0 Å². The van der Waals surface area contributed by atoms with Gasteiger partial charge in [0.2, 0.25) is 0 Å². The van der Waals surface area contributed by atoms with Gasteiger partial charge >= 0.3 is 5.97 Å². The third kappa shape index (κ3) is 4.99. The number of carbonyl (C=O) groups excluding carboxylic acids is 2. The number of amides is 1. The number of ether oxygens (including phenoxy) is 1. The quantitative estimate of drug-likeness (QED) is 0.836. The van der Waals surface area contributed by atoms with Crippen molar-refractivity contribution < 1.29 is 14.3 Å². The number of carbonyl (C=O) groups is 2. The van der Waals surface area contributed by atoms with E-state index in [4.69, 9.17) is 0 Å². The van der Waals surface area contributed by atoms with Crippen LogP contribution in [-0.2, 0) is 9.53 Å². The summed E-state index contributed by atoms with van der Waals surface area (Å²) in [7, 11) is 1.31. The van der Waals surface area contributed by atoms with Crippen molar-refractivity contribution in [3.05, 3.63) is 35.9 Å². The summed E-state index contributed by atoms with van der Waals surface area (Å²) in [5.74, 6) is -0.690. The zero-order valence-electron chi connectivity index (χ0n) is 11.4. The van der Waals surface area contributed by atoms with Crippen LogP contribution < -0.4 is 5.32 Å². The van der Waals surface area contributed by atoms with Gasteiger partial charge in [0.05, 0.1) is 7.11 Å². The molecule has 4 heteroatoms. The number of benzene rings is 1. The third-order valence-corrected chi connectivity index (χ3v) is 2.24. The molecule has 0 aliphatic heterocycles. The minimum absolute atomic E-state index is 0.266. The van der Waals surface area contributed by atoms with Gasteiger partial charge in [0, 0.05) is 5.56 Å². The van der Waals surface area contributed by atoms with Crippen molar-refractivity contribution in [2.45, 2.75) is 33.2 Å². The molecule has 0 radical (unpaired) electrons. The number of esters is 1. The summed E-state index contributed by atoms with van der Waals surface area (Å²) in [5, 5.41) is 2.62. The van der Waals surface area contributed by atoms with Gasteiger partial charge < -0.3 is 10.1 Å². The van der Waals surface area contributed by atoms with Crippen molar-refractivity contribution >= 4 is 11.9 Å². The Morgan fingerprint density at radius 3 is 2.22 bits per heavy atom. The minimum atomic E-state index is -0.585. The van der Waals surface area contributed by atoms with E-state index in [0.29, 0.717) is 12.0 Å². The fourth-order valence-electron chi connectivity index (χ4n) is 1.30. The van der Waals surface area contributed by atoms with Crippen LogP contribution in [-0.4, -0.2) is 25.0 Å². The minimum Gasteiger partial charge on any atom is -0.467 e. The molecule has 0 aromatic heterocycles. The highest BCUT2D eigenvalue weighted by atomic mass is 16.5. The molecule has 0 heterocycles. The summed E-state index contributed by atoms with van der Waals surface area (Å²) in [6, 6.07) is 8.17. The molecule has 4 nitrogen and oxygen atoms in total. The summed E-state index contributed by atoms with van der Waals surface area (Å²) < 4.78 is 4.59. The van der Waals surface area contributed by atoms with Crippen LogP contribution in [0.4, 0.5) is 0 Å². The molecule has 1 rings (SSSR count). The zero-order valence-corrected chi connectivity index (χ0v) is 11.4. The van der Waals surface area contributed by atoms with Crippen molar-refractivity contribution in [1.82, 2.24) is 5.32 Å². The smallest absolute Gasteiger partial charge is 0.328 e. The molecule has 100 valence electrons. The first kappa shape index (κ1) is 16.2. The lowest BCUT2D eigenvalue weighted by molar-refractivity contribution is -0.142. The van der Waals surface area contributed by atoms with Crippen LogP contribution in [0.25, 0.3) is 0 Å². The first-order valence-electron chi connectivity index (χ1n) is 6.12. The SMILES string of the molecule is CC.CCC(NC(=O)c1ccccc1)C(=O)OC. The lowest BCUT2D eigenvalue weighted by Gasteiger charge is -2.14. The number of nitrogens with one attached hydrogen (secondary N) is 1. The summed E-state index contributed by atoms with van der Waals surface area (Å²) in [4.78, 5) is 23.0. The molecular weight excluding hydrogens is 230 g/mol. The van der Waals surface area contributed by atoms with Crippen LogP contribution in [0.2, 0.25) is 0 Å². The van der Waals surface area contributed by atoms with Crippen molar-refractivity contribution in [2.24, 2.45) is 0 Å². The molecule has 1 unspecified atom stereocenters. The van der Waals surface area contributed by atoms with E-state index in [-0.39, 0.29) is 5.91 Å². The molecule has 18 heavy (non-hydrogen) atoms. The predicted molar refractivity (Wildman–Crippen MR) is 71.4 cm³/mol. The number of hydrogen-bond acceptors (Lipinski definition) is 3. The van der Waals surface area contributed by atoms with Gasteiger partial charge in [-0.25, -0.2) is 4.79 Å². The molecule has 1 atom stereocenters. The lowest BCUT2D eigenvalue weighted by atomic mass is 10.1. The summed E-state index contributed by atoms with van der Waals surface area (Å²) in [6.07, 6.45) is 0.505. The Morgan fingerprint density at radius 2 is 1.78 bits per heavy atom. The molecule has 0 saturated heterocycles. The molecule has 1 amide bonds. The van der Waals surface area contributed by atoms with Crippen LogP contribution in [0.15, 0.2) is 30.3 Å². The van der Waals surface area contributed by atoms with Crippen molar-refractivity contribution in [2.75, 3.05) is 7.11 Å². The van der Waals surface area contributed by atoms with Crippen molar-refractivity contribution in [1.29, 1.82) is 0 Å². The topological polar surface area (TPSA) is 55.4 Å². The Morgan fingerprint density at radius 1 is 1.22 bits per heavy atom. The number of hydrogen-bond donors (Lipinski definition) is 1. The zero-order chi connectivity index (χ0) is 14.0. The third-order valence-electron chi connectivity index (χ3n) is 2.24. The average Bonchev–Trinajstić information content (AvgIpc) is 2.46. The molecule has 0 bridgehead atoms. The van der Waals surface area contributed by atoms with Gasteiger partial charge in [-0.05, 0) is 18.6 Å². The summed E-state index contributed by atoms with van der Waals surface area (Å²) in [5.41, 5.74) is 0.532. The number of rotatable bonds is 4. The second-order valence-electron chi connectivity index (χ2n) is 3.32. The van der Waals surface area contributed by atoms with Gasteiger partial charge in [0.15, 0.2) is 0 Å². The molecule has 0 spiro atoms. The second kappa shape index (κ2) is 9.22. The van der Waals surface area contributed by atoms with Crippen LogP contribution in [0.1, 0.15) is 37.6 Å². The monoisotopic (exact) mass is 251 g/mol. The Labute approximate surface area is 108 Å². The van der Waals surface area contributed by atoms with Gasteiger partial charge in [-0.15, -0.1) is 0 Å². The van der Waals surface area contributed by atoms with Gasteiger partial charge in [0.1, 0.15) is 6.04 Å². The molecule has 0 fully saturated rings. The maximum Gasteiger partial charge on any atom is 0.328 e. The highest BCUT2D eigenvalue weighted by Crippen LogP contribution is 2.01. The number of methoxy groups -OCH3 is 1. The highest BCUT2D eigenvalue weighted by Gasteiger charge is 2.19. The maximum absolute atomic E-state index is 11.7.